The predicted octanol–water partition coefficient (Wildman–Crippen LogP) is 5.66. The molecule has 7 heteroatoms. The Morgan fingerprint density at radius 2 is 1.85 bits per heavy atom. The number of pyridine rings is 2. The van der Waals surface area contributed by atoms with Crippen LogP contribution >= 0.6 is 0 Å². The van der Waals surface area contributed by atoms with Gasteiger partial charge in [-0.05, 0) is 98.6 Å². The van der Waals surface area contributed by atoms with Crippen LogP contribution in [-0.4, -0.2) is 71.4 Å². The van der Waals surface area contributed by atoms with E-state index in [1.54, 1.807) is 0 Å². The van der Waals surface area contributed by atoms with Gasteiger partial charge in [0.05, 0.1) is 17.8 Å². The topological polar surface area (TPSA) is 73.8 Å². The molecule has 2 bridgehead atoms. The normalized spacial score (nSPS) is 23.5. The number of anilines is 1. The minimum absolute atomic E-state index is 0.257. The number of hydrogen-bond donors (Lipinski definition) is 2. The molecule has 2 aromatic heterocycles. The standard InChI is InChI=1S/C34H39N5O2/c1-22-5-4-6-23-13-27(40)15-28(32(22)23)24-14-29-33(35-17-24)30(39-18-25-7-8-26(19-39)36-25)16-31(37-29)41-21-34(9-10-34)20-38-11-2-3-12-38/h4-6,13-17,25-26,36,40H,2-3,7-12,18-21H2,1H3. The zero-order valence-electron chi connectivity index (χ0n) is 23.9. The minimum atomic E-state index is 0.257. The Balaban J connectivity index is 1.19. The molecule has 1 aliphatic carbocycles. The number of likely N-dealkylation sites (tertiary alicyclic amines) is 1. The second-order valence-corrected chi connectivity index (χ2v) is 13.1. The molecule has 3 aliphatic heterocycles. The second-order valence-electron chi connectivity index (χ2n) is 13.1. The largest absolute Gasteiger partial charge is 0.508 e. The number of benzene rings is 2. The van der Waals surface area contributed by atoms with Crippen LogP contribution in [0, 0.1) is 12.3 Å². The van der Waals surface area contributed by atoms with Crippen molar-refractivity contribution in [3.63, 3.8) is 0 Å². The highest BCUT2D eigenvalue weighted by atomic mass is 16.5. The van der Waals surface area contributed by atoms with Gasteiger partial charge < -0.3 is 25.0 Å². The first-order chi connectivity index (χ1) is 20.0. The highest BCUT2D eigenvalue weighted by Gasteiger charge is 2.45. The van der Waals surface area contributed by atoms with Gasteiger partial charge in [-0.25, -0.2) is 4.98 Å². The summed E-state index contributed by atoms with van der Waals surface area (Å²) in [6.45, 7) is 8.39. The Kier molecular flexibility index (Phi) is 6.08. The molecule has 4 aliphatic rings. The highest BCUT2D eigenvalue weighted by Crippen LogP contribution is 2.47. The zero-order valence-corrected chi connectivity index (χ0v) is 23.9. The summed E-state index contributed by atoms with van der Waals surface area (Å²) in [6, 6.07) is 15.2. The molecule has 41 heavy (non-hydrogen) atoms. The average molecular weight is 550 g/mol. The van der Waals surface area contributed by atoms with E-state index in [0.717, 1.165) is 64.9 Å². The molecular formula is C34H39N5O2. The second kappa shape index (κ2) is 9.85. The fourth-order valence-corrected chi connectivity index (χ4v) is 7.52. The molecule has 2 N–H and O–H groups in total. The van der Waals surface area contributed by atoms with Crippen LogP contribution in [0.15, 0.2) is 48.7 Å². The Bertz CT molecular complexity index is 1620. The van der Waals surface area contributed by atoms with Crippen LogP contribution in [0.5, 0.6) is 11.6 Å². The van der Waals surface area contributed by atoms with Crippen molar-refractivity contribution in [1.82, 2.24) is 20.2 Å². The Morgan fingerprint density at radius 1 is 1.05 bits per heavy atom. The zero-order chi connectivity index (χ0) is 27.6. The minimum Gasteiger partial charge on any atom is -0.508 e. The number of hydrogen-bond acceptors (Lipinski definition) is 7. The van der Waals surface area contributed by atoms with E-state index in [2.05, 4.69) is 46.3 Å². The molecule has 2 aromatic carbocycles. The first-order valence-electron chi connectivity index (χ1n) is 15.4. The summed E-state index contributed by atoms with van der Waals surface area (Å²) in [4.78, 5) is 15.2. The molecule has 7 nitrogen and oxygen atoms in total. The smallest absolute Gasteiger partial charge is 0.216 e. The predicted molar refractivity (Wildman–Crippen MR) is 164 cm³/mol. The van der Waals surface area contributed by atoms with Crippen LogP contribution in [0.25, 0.3) is 32.9 Å². The van der Waals surface area contributed by atoms with Gasteiger partial charge >= 0.3 is 0 Å². The first kappa shape index (κ1) is 25.3. The van der Waals surface area contributed by atoms with Crippen molar-refractivity contribution in [1.29, 1.82) is 0 Å². The molecule has 8 rings (SSSR count). The number of fused-ring (bicyclic) bond motifs is 4. The Morgan fingerprint density at radius 3 is 2.63 bits per heavy atom. The van der Waals surface area contributed by atoms with Crippen LogP contribution in [0.4, 0.5) is 5.69 Å². The fourth-order valence-electron chi connectivity index (χ4n) is 7.52. The fraction of sp³-hybridized carbons (Fsp3) is 0.471. The van der Waals surface area contributed by atoms with Crippen molar-refractivity contribution in [2.45, 2.75) is 57.5 Å². The number of aromatic nitrogens is 2. The number of aryl methyl sites for hydroxylation is 1. The number of nitrogens with zero attached hydrogens (tertiary/aromatic N) is 4. The SMILES string of the molecule is Cc1cccc2cc(O)cc(-c3cnc4c(N5CC6CCC(C5)N6)cc(OCC5(CN6CCCC6)CC5)nc4c3)c12. The van der Waals surface area contributed by atoms with Gasteiger partial charge in [0.2, 0.25) is 5.88 Å². The van der Waals surface area contributed by atoms with Gasteiger partial charge in [-0.3, -0.25) is 4.98 Å². The van der Waals surface area contributed by atoms with E-state index in [1.165, 1.54) is 57.2 Å². The van der Waals surface area contributed by atoms with Gasteiger partial charge in [0.1, 0.15) is 11.3 Å². The third-order valence-electron chi connectivity index (χ3n) is 9.88. The monoisotopic (exact) mass is 549 g/mol. The summed E-state index contributed by atoms with van der Waals surface area (Å²) in [5.41, 5.74) is 6.26. The number of aromatic hydroxyl groups is 1. The summed E-state index contributed by atoms with van der Waals surface area (Å²) >= 11 is 0. The van der Waals surface area contributed by atoms with Crippen LogP contribution in [0.1, 0.15) is 44.1 Å². The molecule has 0 radical (unpaired) electrons. The highest BCUT2D eigenvalue weighted by molar-refractivity contribution is 6.01. The number of ether oxygens (including phenoxy) is 1. The van der Waals surface area contributed by atoms with Crippen molar-refractivity contribution >= 4 is 27.5 Å². The lowest BCUT2D eigenvalue weighted by Gasteiger charge is -2.35. The summed E-state index contributed by atoms with van der Waals surface area (Å²) in [7, 11) is 0. The van der Waals surface area contributed by atoms with E-state index in [0.29, 0.717) is 18.0 Å². The van der Waals surface area contributed by atoms with Crippen LogP contribution < -0.4 is 15.0 Å². The molecule has 3 saturated heterocycles. The third-order valence-corrected chi connectivity index (χ3v) is 9.88. The quantitative estimate of drug-likeness (QED) is 0.308. The van der Waals surface area contributed by atoms with Gasteiger partial charge in [-0.15, -0.1) is 0 Å². The molecule has 4 fully saturated rings. The van der Waals surface area contributed by atoms with E-state index in [4.69, 9.17) is 14.7 Å². The molecule has 1 saturated carbocycles. The van der Waals surface area contributed by atoms with Crippen molar-refractivity contribution in [3.8, 4) is 22.8 Å². The van der Waals surface area contributed by atoms with Crippen molar-refractivity contribution < 1.29 is 9.84 Å². The van der Waals surface area contributed by atoms with E-state index in [-0.39, 0.29) is 11.2 Å². The molecule has 4 aromatic rings. The Labute approximate surface area is 241 Å². The average Bonchev–Trinajstić information content (AvgIpc) is 3.37. The summed E-state index contributed by atoms with van der Waals surface area (Å²) in [5, 5.41) is 16.5. The molecular weight excluding hydrogens is 510 g/mol. The number of nitrogens with one attached hydrogen (secondary N) is 1. The van der Waals surface area contributed by atoms with Gasteiger partial charge in [-0.1, -0.05) is 18.2 Å². The number of phenols is 1. The van der Waals surface area contributed by atoms with E-state index in [1.807, 2.05) is 24.4 Å². The van der Waals surface area contributed by atoms with Gasteiger partial charge in [0.15, 0.2) is 0 Å². The maximum atomic E-state index is 10.6. The number of rotatable bonds is 7. The van der Waals surface area contributed by atoms with Crippen LogP contribution in [0.3, 0.4) is 0 Å². The molecule has 2 unspecified atom stereocenters. The summed E-state index contributed by atoms with van der Waals surface area (Å²) < 4.78 is 6.56. The van der Waals surface area contributed by atoms with E-state index in [9.17, 15) is 5.11 Å². The van der Waals surface area contributed by atoms with Crippen molar-refractivity contribution in [2.24, 2.45) is 5.41 Å². The van der Waals surface area contributed by atoms with Gasteiger partial charge in [-0.2, -0.15) is 0 Å². The van der Waals surface area contributed by atoms with Crippen LogP contribution in [-0.2, 0) is 0 Å². The van der Waals surface area contributed by atoms with Crippen molar-refractivity contribution in [2.75, 3.05) is 44.2 Å². The number of piperazine rings is 1. The number of phenolic OH excluding ortho intramolecular Hbond substituents is 1. The maximum Gasteiger partial charge on any atom is 0.216 e. The molecule has 0 spiro atoms. The van der Waals surface area contributed by atoms with Crippen LogP contribution in [0.2, 0.25) is 0 Å². The third kappa shape index (κ3) is 4.79. The lowest BCUT2D eigenvalue weighted by Crippen LogP contribution is -2.51. The summed E-state index contributed by atoms with van der Waals surface area (Å²) in [5.74, 6) is 0.954. The Hall–Kier alpha value is -3.42. The van der Waals surface area contributed by atoms with Gasteiger partial charge in [0, 0.05) is 55.0 Å². The summed E-state index contributed by atoms with van der Waals surface area (Å²) in [6.07, 6.45) is 9.52. The molecule has 5 heterocycles. The molecule has 2 atom stereocenters. The lowest BCUT2D eigenvalue weighted by atomic mass is 9.95. The van der Waals surface area contributed by atoms with Crippen molar-refractivity contribution in [3.05, 3.63) is 54.2 Å². The van der Waals surface area contributed by atoms with Gasteiger partial charge in [0.25, 0.3) is 0 Å². The molecule has 0 amide bonds. The lowest BCUT2D eigenvalue weighted by molar-refractivity contribution is 0.175. The first-order valence-corrected chi connectivity index (χ1v) is 15.4. The maximum absolute atomic E-state index is 10.6. The molecule has 212 valence electrons. The van der Waals surface area contributed by atoms with E-state index >= 15 is 0 Å². The van der Waals surface area contributed by atoms with E-state index < -0.39 is 0 Å².